The fraction of sp³-hybridized carbons (Fsp3) is 0.538. The maximum absolute atomic E-state index is 11.7. The Morgan fingerprint density at radius 2 is 2.17 bits per heavy atom. The lowest BCUT2D eigenvalue weighted by molar-refractivity contribution is 0.0951. The van der Waals surface area contributed by atoms with Crippen molar-refractivity contribution in [1.29, 1.82) is 0 Å². The van der Waals surface area contributed by atoms with Crippen LogP contribution in [0.15, 0.2) is 18.5 Å². The molecule has 2 N–H and O–H groups in total. The highest BCUT2D eigenvalue weighted by Gasteiger charge is 2.11. The molecule has 1 saturated heterocycles. The molecule has 0 atom stereocenters. The van der Waals surface area contributed by atoms with Gasteiger partial charge in [-0.05, 0) is 45.0 Å². The van der Waals surface area contributed by atoms with Gasteiger partial charge in [0.05, 0.1) is 11.8 Å². The molecule has 5 nitrogen and oxygen atoms in total. The van der Waals surface area contributed by atoms with Crippen LogP contribution in [0, 0.1) is 0 Å². The molecule has 1 aliphatic rings. The van der Waals surface area contributed by atoms with E-state index in [9.17, 15) is 9.90 Å². The van der Waals surface area contributed by atoms with E-state index in [4.69, 9.17) is 0 Å². The molecule has 2 rings (SSSR count). The topological polar surface area (TPSA) is 65.5 Å². The van der Waals surface area contributed by atoms with Crippen LogP contribution in [0.4, 0.5) is 0 Å². The molecule has 98 valence electrons. The number of rotatable bonds is 5. The summed E-state index contributed by atoms with van der Waals surface area (Å²) in [5, 5.41) is 12.1. The van der Waals surface area contributed by atoms with E-state index >= 15 is 0 Å². The van der Waals surface area contributed by atoms with Crippen LogP contribution < -0.4 is 5.32 Å². The number of aromatic nitrogens is 1. The van der Waals surface area contributed by atoms with Crippen LogP contribution in [0.1, 0.15) is 29.6 Å². The zero-order valence-electron chi connectivity index (χ0n) is 10.4. The summed E-state index contributed by atoms with van der Waals surface area (Å²) in [4.78, 5) is 17.9. The average Bonchev–Trinajstić information content (AvgIpc) is 2.87. The molecule has 0 saturated carbocycles. The lowest BCUT2D eigenvalue weighted by atomic mass is 10.2. The molecule has 18 heavy (non-hydrogen) atoms. The van der Waals surface area contributed by atoms with Crippen molar-refractivity contribution in [2.75, 3.05) is 26.2 Å². The first-order valence-corrected chi connectivity index (χ1v) is 6.40. The second kappa shape index (κ2) is 6.35. The van der Waals surface area contributed by atoms with Gasteiger partial charge >= 0.3 is 0 Å². The normalized spacial score (nSPS) is 15.8. The quantitative estimate of drug-likeness (QED) is 0.764. The number of nitrogens with zero attached hydrogens (tertiary/aromatic N) is 2. The molecular weight excluding hydrogens is 230 g/mol. The third kappa shape index (κ3) is 3.70. The third-order valence-corrected chi connectivity index (χ3v) is 3.12. The Kier molecular flexibility index (Phi) is 4.52. The summed E-state index contributed by atoms with van der Waals surface area (Å²) < 4.78 is 0. The SMILES string of the molecule is O=C(NCCCN1CCCC1)c1cncc(O)c1. The molecule has 0 aliphatic carbocycles. The molecule has 0 spiro atoms. The summed E-state index contributed by atoms with van der Waals surface area (Å²) >= 11 is 0. The molecule has 0 unspecified atom stereocenters. The van der Waals surface area contributed by atoms with Crippen LogP contribution in [-0.4, -0.2) is 47.1 Å². The Hall–Kier alpha value is -1.62. The third-order valence-electron chi connectivity index (χ3n) is 3.12. The average molecular weight is 249 g/mol. The zero-order chi connectivity index (χ0) is 12.8. The van der Waals surface area contributed by atoms with E-state index in [0.29, 0.717) is 12.1 Å². The van der Waals surface area contributed by atoms with Crippen molar-refractivity contribution in [2.45, 2.75) is 19.3 Å². The van der Waals surface area contributed by atoms with Gasteiger partial charge in [0.2, 0.25) is 0 Å². The van der Waals surface area contributed by atoms with Crippen molar-refractivity contribution in [3.8, 4) is 5.75 Å². The van der Waals surface area contributed by atoms with Crippen molar-refractivity contribution in [1.82, 2.24) is 15.2 Å². The number of amides is 1. The van der Waals surface area contributed by atoms with Crippen LogP contribution in [-0.2, 0) is 0 Å². The molecule has 1 amide bonds. The molecule has 0 aromatic carbocycles. The van der Waals surface area contributed by atoms with Gasteiger partial charge in [-0.1, -0.05) is 0 Å². The van der Waals surface area contributed by atoms with E-state index in [1.165, 1.54) is 44.4 Å². The molecule has 5 heteroatoms. The van der Waals surface area contributed by atoms with Gasteiger partial charge in [0, 0.05) is 12.7 Å². The summed E-state index contributed by atoms with van der Waals surface area (Å²) in [5.74, 6) is -0.167. The summed E-state index contributed by atoms with van der Waals surface area (Å²) in [6.45, 7) is 4.07. The summed E-state index contributed by atoms with van der Waals surface area (Å²) in [5.41, 5.74) is 0.399. The number of hydrogen-bond acceptors (Lipinski definition) is 4. The number of carbonyl (C=O) groups is 1. The van der Waals surface area contributed by atoms with Gasteiger partial charge in [-0.2, -0.15) is 0 Å². The zero-order valence-corrected chi connectivity index (χ0v) is 10.4. The van der Waals surface area contributed by atoms with Gasteiger partial charge in [0.1, 0.15) is 5.75 Å². The predicted octanol–water partition coefficient (Wildman–Crippen LogP) is 1.00. The Morgan fingerprint density at radius 3 is 2.89 bits per heavy atom. The van der Waals surface area contributed by atoms with Crippen molar-refractivity contribution in [3.63, 3.8) is 0 Å². The number of hydrogen-bond donors (Lipinski definition) is 2. The van der Waals surface area contributed by atoms with Crippen molar-refractivity contribution in [3.05, 3.63) is 24.0 Å². The molecule has 0 bridgehead atoms. The highest BCUT2D eigenvalue weighted by atomic mass is 16.3. The minimum absolute atomic E-state index is 0.0136. The van der Waals surface area contributed by atoms with E-state index < -0.39 is 0 Å². The first-order chi connectivity index (χ1) is 8.75. The number of carbonyl (C=O) groups excluding carboxylic acids is 1. The predicted molar refractivity (Wildman–Crippen MR) is 68.5 cm³/mol. The number of likely N-dealkylation sites (tertiary alicyclic amines) is 1. The Balaban J connectivity index is 1.68. The maximum atomic E-state index is 11.7. The number of aromatic hydroxyl groups is 1. The van der Waals surface area contributed by atoms with Gasteiger partial charge in [0.25, 0.3) is 5.91 Å². The molecule has 0 radical (unpaired) electrons. The van der Waals surface area contributed by atoms with E-state index in [1.54, 1.807) is 0 Å². The summed E-state index contributed by atoms with van der Waals surface area (Å²) in [7, 11) is 0. The van der Waals surface area contributed by atoms with Crippen molar-refractivity contribution < 1.29 is 9.90 Å². The Labute approximate surface area is 107 Å². The van der Waals surface area contributed by atoms with Gasteiger partial charge in [0.15, 0.2) is 0 Å². The van der Waals surface area contributed by atoms with E-state index in [2.05, 4.69) is 15.2 Å². The lowest BCUT2D eigenvalue weighted by Crippen LogP contribution is -2.28. The van der Waals surface area contributed by atoms with Crippen LogP contribution in [0.5, 0.6) is 5.75 Å². The Bertz CT molecular complexity index is 403. The van der Waals surface area contributed by atoms with Gasteiger partial charge < -0.3 is 15.3 Å². The fourth-order valence-electron chi connectivity index (χ4n) is 2.16. The van der Waals surface area contributed by atoms with Crippen molar-refractivity contribution >= 4 is 5.91 Å². The molecule has 1 aromatic rings. The van der Waals surface area contributed by atoms with Crippen LogP contribution in [0.2, 0.25) is 0 Å². The van der Waals surface area contributed by atoms with Crippen LogP contribution >= 0.6 is 0 Å². The molecular formula is C13H19N3O2. The highest BCUT2D eigenvalue weighted by molar-refractivity contribution is 5.94. The monoisotopic (exact) mass is 249 g/mol. The van der Waals surface area contributed by atoms with Gasteiger partial charge in [-0.15, -0.1) is 0 Å². The molecule has 2 heterocycles. The second-order valence-corrected chi connectivity index (χ2v) is 4.59. The van der Waals surface area contributed by atoms with E-state index in [1.807, 2.05) is 0 Å². The highest BCUT2D eigenvalue weighted by Crippen LogP contribution is 2.09. The second-order valence-electron chi connectivity index (χ2n) is 4.59. The standard InChI is InChI=1S/C13H19N3O2/c17-12-8-11(9-14-10-12)13(18)15-4-3-7-16-5-1-2-6-16/h8-10,17H,1-7H2,(H,15,18). The first-order valence-electron chi connectivity index (χ1n) is 6.40. The summed E-state index contributed by atoms with van der Waals surface area (Å²) in [6.07, 6.45) is 6.31. The van der Waals surface area contributed by atoms with Crippen molar-refractivity contribution in [2.24, 2.45) is 0 Å². The Morgan fingerprint density at radius 1 is 1.39 bits per heavy atom. The van der Waals surface area contributed by atoms with Gasteiger partial charge in [-0.25, -0.2) is 0 Å². The molecule has 1 aromatic heterocycles. The van der Waals surface area contributed by atoms with Crippen LogP contribution in [0.25, 0.3) is 0 Å². The minimum atomic E-state index is -0.181. The fourth-order valence-corrected chi connectivity index (χ4v) is 2.16. The maximum Gasteiger partial charge on any atom is 0.252 e. The van der Waals surface area contributed by atoms with Gasteiger partial charge in [-0.3, -0.25) is 9.78 Å². The summed E-state index contributed by atoms with van der Waals surface area (Å²) in [6, 6.07) is 1.42. The first kappa shape index (κ1) is 12.8. The largest absolute Gasteiger partial charge is 0.506 e. The molecule has 1 aliphatic heterocycles. The van der Waals surface area contributed by atoms with E-state index in [-0.39, 0.29) is 11.7 Å². The van der Waals surface area contributed by atoms with Crippen LogP contribution in [0.3, 0.4) is 0 Å². The van der Waals surface area contributed by atoms with E-state index in [0.717, 1.165) is 13.0 Å². The number of pyridine rings is 1. The molecule has 1 fully saturated rings. The minimum Gasteiger partial charge on any atom is -0.506 e. The lowest BCUT2D eigenvalue weighted by Gasteiger charge is -2.14. The number of nitrogens with one attached hydrogen (secondary N) is 1. The smallest absolute Gasteiger partial charge is 0.252 e.